The molecule has 1 saturated heterocycles. The highest BCUT2D eigenvalue weighted by atomic mass is 16.6. The van der Waals surface area contributed by atoms with Crippen molar-refractivity contribution in [3.8, 4) is 0 Å². The Hall–Kier alpha value is -1.51. The molecule has 1 aromatic rings. The Morgan fingerprint density at radius 2 is 2.58 bits per heavy atom. The second-order valence-electron chi connectivity index (χ2n) is 4.72. The number of aliphatic hydroxyl groups is 1. The highest BCUT2D eigenvalue weighted by Crippen LogP contribution is 2.10. The topological polar surface area (TPSA) is 102 Å². The number of nitrogens with one attached hydrogen (secondary N) is 1. The molecule has 0 amide bonds. The van der Waals surface area contributed by atoms with Gasteiger partial charge in [-0.15, -0.1) is 0 Å². The van der Waals surface area contributed by atoms with Crippen LogP contribution < -0.4 is 5.32 Å². The Bertz CT molecular complexity index is 417. The van der Waals surface area contributed by atoms with Crippen molar-refractivity contribution in [1.82, 2.24) is 15.1 Å². The zero-order valence-corrected chi connectivity index (χ0v) is 10.6. The smallest absolute Gasteiger partial charge is 0.306 e. The molecule has 2 heterocycles. The Kier molecular flexibility index (Phi) is 4.83. The maximum Gasteiger partial charge on any atom is 0.306 e. The first-order valence-corrected chi connectivity index (χ1v) is 6.28. The van der Waals surface area contributed by atoms with Gasteiger partial charge in [-0.2, -0.15) is 5.10 Å². The van der Waals surface area contributed by atoms with Gasteiger partial charge in [0.1, 0.15) is 12.4 Å². The van der Waals surface area contributed by atoms with Crippen LogP contribution in [0.25, 0.3) is 0 Å². The van der Waals surface area contributed by atoms with E-state index in [4.69, 9.17) is 4.74 Å². The number of nitro groups is 1. The van der Waals surface area contributed by atoms with E-state index in [2.05, 4.69) is 10.4 Å². The Labute approximate surface area is 110 Å². The summed E-state index contributed by atoms with van der Waals surface area (Å²) >= 11 is 0. The number of ether oxygens (including phenoxy) is 1. The van der Waals surface area contributed by atoms with E-state index < -0.39 is 11.0 Å². The minimum atomic E-state index is -0.623. The summed E-state index contributed by atoms with van der Waals surface area (Å²) in [7, 11) is 0. The average molecular weight is 270 g/mol. The maximum absolute atomic E-state index is 10.5. The van der Waals surface area contributed by atoms with Crippen LogP contribution >= 0.6 is 0 Å². The quantitative estimate of drug-likeness (QED) is 0.524. The molecule has 19 heavy (non-hydrogen) atoms. The minimum Gasteiger partial charge on any atom is -0.390 e. The third-order valence-electron chi connectivity index (χ3n) is 3.07. The summed E-state index contributed by atoms with van der Waals surface area (Å²) in [6, 6.07) is 0. The molecule has 2 atom stereocenters. The standard InChI is InChI=1S/C11H18N4O4/c16-11(5-12-3-9-1-2-19-8-9)7-14-6-10(4-13-14)15(17)18/h4,6,9,11-12,16H,1-3,5,7-8H2. The Morgan fingerprint density at radius 3 is 3.21 bits per heavy atom. The van der Waals surface area contributed by atoms with E-state index in [1.807, 2.05) is 0 Å². The van der Waals surface area contributed by atoms with Crippen molar-refractivity contribution in [1.29, 1.82) is 0 Å². The molecule has 1 aliphatic heterocycles. The van der Waals surface area contributed by atoms with Crippen molar-refractivity contribution in [2.45, 2.75) is 19.1 Å². The molecule has 0 bridgehead atoms. The number of hydrogen-bond acceptors (Lipinski definition) is 6. The molecular formula is C11H18N4O4. The normalized spacial score (nSPS) is 20.6. The van der Waals surface area contributed by atoms with E-state index in [9.17, 15) is 15.2 Å². The number of aliphatic hydroxyl groups excluding tert-OH is 1. The van der Waals surface area contributed by atoms with Crippen LogP contribution in [0.15, 0.2) is 12.4 Å². The van der Waals surface area contributed by atoms with Gasteiger partial charge in [-0.3, -0.25) is 14.8 Å². The molecule has 8 nitrogen and oxygen atoms in total. The van der Waals surface area contributed by atoms with Gasteiger partial charge < -0.3 is 15.2 Å². The third-order valence-corrected chi connectivity index (χ3v) is 3.07. The van der Waals surface area contributed by atoms with Gasteiger partial charge in [0.05, 0.1) is 24.2 Å². The van der Waals surface area contributed by atoms with Crippen LogP contribution in [0, 0.1) is 16.0 Å². The lowest BCUT2D eigenvalue weighted by Gasteiger charge is -2.13. The maximum atomic E-state index is 10.5. The summed E-state index contributed by atoms with van der Waals surface area (Å²) in [4.78, 5) is 9.98. The summed E-state index contributed by atoms with van der Waals surface area (Å²) in [6.07, 6.45) is 2.92. The van der Waals surface area contributed by atoms with Crippen molar-refractivity contribution in [3.63, 3.8) is 0 Å². The number of aromatic nitrogens is 2. The molecule has 1 aliphatic rings. The van der Waals surface area contributed by atoms with Crippen molar-refractivity contribution < 1.29 is 14.8 Å². The van der Waals surface area contributed by atoms with Gasteiger partial charge in [0.2, 0.25) is 0 Å². The van der Waals surface area contributed by atoms with Gasteiger partial charge in [-0.1, -0.05) is 0 Å². The van der Waals surface area contributed by atoms with E-state index in [0.717, 1.165) is 26.2 Å². The Balaban J connectivity index is 1.67. The molecular weight excluding hydrogens is 252 g/mol. The van der Waals surface area contributed by atoms with E-state index >= 15 is 0 Å². The summed E-state index contributed by atoms with van der Waals surface area (Å²) in [5.74, 6) is 0.512. The van der Waals surface area contributed by atoms with Gasteiger partial charge >= 0.3 is 5.69 Å². The molecule has 2 N–H and O–H groups in total. The molecule has 0 aliphatic carbocycles. The van der Waals surface area contributed by atoms with E-state index in [1.54, 1.807) is 0 Å². The SMILES string of the molecule is O=[N+]([O-])c1cnn(CC(O)CNCC2CCOC2)c1. The van der Waals surface area contributed by atoms with Crippen LogP contribution in [0.3, 0.4) is 0 Å². The monoisotopic (exact) mass is 270 g/mol. The first-order chi connectivity index (χ1) is 9.15. The molecule has 2 unspecified atom stereocenters. The van der Waals surface area contributed by atoms with Crippen molar-refractivity contribution in [2.75, 3.05) is 26.3 Å². The van der Waals surface area contributed by atoms with Crippen LogP contribution in [0.5, 0.6) is 0 Å². The molecule has 0 spiro atoms. The fraction of sp³-hybridized carbons (Fsp3) is 0.727. The lowest BCUT2D eigenvalue weighted by Crippen LogP contribution is -2.33. The van der Waals surface area contributed by atoms with Crippen molar-refractivity contribution in [2.24, 2.45) is 5.92 Å². The zero-order valence-electron chi connectivity index (χ0n) is 10.6. The summed E-state index contributed by atoms with van der Waals surface area (Å²) in [5, 5.41) is 27.3. The zero-order chi connectivity index (χ0) is 13.7. The molecule has 0 radical (unpaired) electrons. The number of nitrogens with zero attached hydrogens (tertiary/aromatic N) is 3. The highest BCUT2D eigenvalue weighted by Gasteiger charge is 2.16. The van der Waals surface area contributed by atoms with Gasteiger partial charge in [-0.25, -0.2) is 0 Å². The molecule has 8 heteroatoms. The predicted molar refractivity (Wildman–Crippen MR) is 66.7 cm³/mol. The Morgan fingerprint density at radius 1 is 1.74 bits per heavy atom. The van der Waals surface area contributed by atoms with Gasteiger partial charge in [0.15, 0.2) is 0 Å². The first kappa shape index (κ1) is 13.9. The van der Waals surface area contributed by atoms with Gasteiger partial charge in [-0.05, 0) is 12.3 Å². The van der Waals surface area contributed by atoms with Gasteiger partial charge in [0.25, 0.3) is 0 Å². The number of hydrogen-bond donors (Lipinski definition) is 2. The van der Waals surface area contributed by atoms with E-state index in [0.29, 0.717) is 12.5 Å². The fourth-order valence-electron chi connectivity index (χ4n) is 2.03. The fourth-order valence-corrected chi connectivity index (χ4v) is 2.03. The molecule has 1 aromatic heterocycles. The summed E-state index contributed by atoms with van der Waals surface area (Å²) in [5.41, 5.74) is -0.0664. The molecule has 1 fully saturated rings. The lowest BCUT2D eigenvalue weighted by atomic mass is 10.1. The average Bonchev–Trinajstić information content (AvgIpc) is 3.00. The second kappa shape index (κ2) is 6.60. The molecule has 0 aromatic carbocycles. The molecule has 0 saturated carbocycles. The van der Waals surface area contributed by atoms with E-state index in [-0.39, 0.29) is 12.2 Å². The summed E-state index contributed by atoms with van der Waals surface area (Å²) in [6.45, 7) is 3.07. The highest BCUT2D eigenvalue weighted by molar-refractivity contribution is 5.20. The third kappa shape index (κ3) is 4.27. The van der Waals surface area contributed by atoms with Crippen LogP contribution in [0.2, 0.25) is 0 Å². The van der Waals surface area contributed by atoms with Crippen molar-refractivity contribution in [3.05, 3.63) is 22.5 Å². The summed E-state index contributed by atoms with van der Waals surface area (Å²) < 4.78 is 6.63. The largest absolute Gasteiger partial charge is 0.390 e. The molecule has 106 valence electrons. The second-order valence-corrected chi connectivity index (χ2v) is 4.72. The number of rotatable bonds is 7. The minimum absolute atomic E-state index is 0.0664. The first-order valence-electron chi connectivity index (χ1n) is 6.28. The lowest BCUT2D eigenvalue weighted by molar-refractivity contribution is -0.385. The molecule has 2 rings (SSSR count). The van der Waals surface area contributed by atoms with Crippen LogP contribution in [-0.2, 0) is 11.3 Å². The van der Waals surface area contributed by atoms with Crippen LogP contribution in [0.1, 0.15) is 6.42 Å². The van der Waals surface area contributed by atoms with E-state index in [1.165, 1.54) is 17.1 Å². The van der Waals surface area contributed by atoms with Gasteiger partial charge in [0, 0.05) is 19.7 Å². The van der Waals surface area contributed by atoms with Crippen LogP contribution in [0.4, 0.5) is 5.69 Å². The van der Waals surface area contributed by atoms with Crippen LogP contribution in [-0.4, -0.2) is 52.2 Å². The predicted octanol–water partition coefficient (Wildman–Crippen LogP) is -0.222. The van der Waals surface area contributed by atoms with Crippen molar-refractivity contribution >= 4 is 5.69 Å².